The molecule has 1 unspecified atom stereocenters. The summed E-state index contributed by atoms with van der Waals surface area (Å²) in [6.45, 7) is 6.49. The maximum atomic E-state index is 4.79. The van der Waals surface area contributed by atoms with Crippen LogP contribution >= 0.6 is 11.3 Å². The van der Waals surface area contributed by atoms with Crippen LogP contribution in [0.15, 0.2) is 0 Å². The average Bonchev–Trinajstić information content (AvgIpc) is 3.02. The Bertz CT molecular complexity index is 538. The summed E-state index contributed by atoms with van der Waals surface area (Å²) < 4.78 is 1.93. The summed E-state index contributed by atoms with van der Waals surface area (Å²) in [5.74, 6) is 0.963. The highest BCUT2D eigenvalue weighted by Crippen LogP contribution is 2.37. The van der Waals surface area contributed by atoms with E-state index >= 15 is 0 Å². The van der Waals surface area contributed by atoms with Crippen LogP contribution in [0.3, 0.4) is 0 Å². The van der Waals surface area contributed by atoms with Gasteiger partial charge in [0.1, 0.15) is 5.01 Å². The summed E-state index contributed by atoms with van der Waals surface area (Å²) in [4.78, 5) is 0.934. The monoisotopic (exact) mass is 265 g/mol. The molecular formula is C12H19N5S. The SMILES string of the molecule is CCCC1(c2nn3c(CC)nnc3s2)CCNC1. The van der Waals surface area contributed by atoms with Crippen LogP contribution in [0.2, 0.25) is 0 Å². The van der Waals surface area contributed by atoms with E-state index in [0.29, 0.717) is 0 Å². The zero-order valence-corrected chi connectivity index (χ0v) is 11.8. The highest BCUT2D eigenvalue weighted by atomic mass is 32.1. The molecule has 2 aromatic rings. The molecule has 0 radical (unpaired) electrons. The zero-order valence-electron chi connectivity index (χ0n) is 10.9. The molecule has 3 rings (SSSR count). The molecule has 1 aliphatic heterocycles. The van der Waals surface area contributed by atoms with Crippen molar-refractivity contribution >= 4 is 16.3 Å². The van der Waals surface area contributed by atoms with E-state index in [-0.39, 0.29) is 5.41 Å². The quantitative estimate of drug-likeness (QED) is 0.915. The smallest absolute Gasteiger partial charge is 0.234 e. The molecule has 18 heavy (non-hydrogen) atoms. The molecule has 3 heterocycles. The molecular weight excluding hydrogens is 246 g/mol. The molecule has 0 aliphatic carbocycles. The Hall–Kier alpha value is -1.01. The second-order valence-corrected chi connectivity index (χ2v) is 5.98. The van der Waals surface area contributed by atoms with Gasteiger partial charge in [-0.05, 0) is 19.4 Å². The number of nitrogens with one attached hydrogen (secondary N) is 1. The minimum Gasteiger partial charge on any atom is -0.316 e. The van der Waals surface area contributed by atoms with E-state index in [0.717, 1.165) is 30.3 Å². The highest BCUT2D eigenvalue weighted by molar-refractivity contribution is 7.16. The molecule has 2 aromatic heterocycles. The third kappa shape index (κ3) is 1.75. The zero-order chi connectivity index (χ0) is 12.6. The van der Waals surface area contributed by atoms with E-state index < -0.39 is 0 Å². The minimum absolute atomic E-state index is 0.227. The van der Waals surface area contributed by atoms with Crippen molar-refractivity contribution in [2.45, 2.75) is 44.9 Å². The van der Waals surface area contributed by atoms with Gasteiger partial charge in [-0.25, -0.2) is 0 Å². The highest BCUT2D eigenvalue weighted by Gasteiger charge is 2.38. The third-order valence-electron chi connectivity index (χ3n) is 3.80. The van der Waals surface area contributed by atoms with Gasteiger partial charge in [-0.2, -0.15) is 9.61 Å². The van der Waals surface area contributed by atoms with Gasteiger partial charge in [0.15, 0.2) is 5.82 Å². The van der Waals surface area contributed by atoms with Crippen molar-refractivity contribution in [3.8, 4) is 0 Å². The van der Waals surface area contributed by atoms with E-state index in [1.54, 1.807) is 11.3 Å². The summed E-state index contributed by atoms with van der Waals surface area (Å²) in [6, 6.07) is 0. The second-order valence-electron chi connectivity index (χ2n) is 5.03. The predicted molar refractivity (Wildman–Crippen MR) is 72.1 cm³/mol. The number of nitrogens with zero attached hydrogens (tertiary/aromatic N) is 4. The minimum atomic E-state index is 0.227. The van der Waals surface area contributed by atoms with Crippen LogP contribution in [0.1, 0.15) is 43.9 Å². The first kappa shape index (κ1) is 12.0. The van der Waals surface area contributed by atoms with Crippen LogP contribution in [0.4, 0.5) is 0 Å². The van der Waals surface area contributed by atoms with E-state index in [1.807, 2.05) is 4.52 Å². The molecule has 1 saturated heterocycles. The summed E-state index contributed by atoms with van der Waals surface area (Å²) in [5.41, 5.74) is 0.227. The third-order valence-corrected chi connectivity index (χ3v) is 4.94. The van der Waals surface area contributed by atoms with Crippen LogP contribution in [0.5, 0.6) is 0 Å². The van der Waals surface area contributed by atoms with Gasteiger partial charge < -0.3 is 5.32 Å². The Labute approximate surface area is 111 Å². The molecule has 1 N–H and O–H groups in total. The van der Waals surface area contributed by atoms with E-state index in [9.17, 15) is 0 Å². The molecule has 1 atom stereocenters. The summed E-state index contributed by atoms with van der Waals surface area (Å²) in [5, 5.41) is 17.9. The van der Waals surface area contributed by atoms with Gasteiger partial charge in [-0.3, -0.25) is 0 Å². The fourth-order valence-electron chi connectivity index (χ4n) is 2.82. The Kier molecular flexibility index (Phi) is 3.07. The molecule has 1 aliphatic rings. The first-order chi connectivity index (χ1) is 8.79. The first-order valence-corrected chi connectivity index (χ1v) is 7.53. The molecule has 0 saturated carbocycles. The molecule has 98 valence electrons. The van der Waals surface area contributed by atoms with E-state index in [2.05, 4.69) is 29.4 Å². The first-order valence-electron chi connectivity index (χ1n) is 6.71. The number of aryl methyl sites for hydroxylation is 1. The summed E-state index contributed by atoms with van der Waals surface area (Å²) >= 11 is 1.71. The van der Waals surface area contributed by atoms with E-state index in [4.69, 9.17) is 5.10 Å². The largest absolute Gasteiger partial charge is 0.316 e. The molecule has 0 spiro atoms. The Morgan fingerprint density at radius 3 is 2.94 bits per heavy atom. The van der Waals surface area contributed by atoms with Crippen molar-refractivity contribution in [1.82, 2.24) is 25.1 Å². The molecule has 0 bridgehead atoms. The van der Waals surface area contributed by atoms with Crippen LogP contribution in [0, 0.1) is 0 Å². The van der Waals surface area contributed by atoms with Crippen molar-refractivity contribution in [1.29, 1.82) is 0 Å². The topological polar surface area (TPSA) is 55.1 Å². The van der Waals surface area contributed by atoms with Crippen LogP contribution in [-0.4, -0.2) is 32.9 Å². The van der Waals surface area contributed by atoms with Crippen molar-refractivity contribution in [3.63, 3.8) is 0 Å². The van der Waals surface area contributed by atoms with Gasteiger partial charge in [-0.15, -0.1) is 10.2 Å². The van der Waals surface area contributed by atoms with Crippen LogP contribution in [-0.2, 0) is 11.8 Å². The molecule has 6 heteroatoms. The lowest BCUT2D eigenvalue weighted by molar-refractivity contribution is 0.420. The molecule has 1 fully saturated rings. The predicted octanol–water partition coefficient (Wildman–Crippen LogP) is 1.78. The lowest BCUT2D eigenvalue weighted by Gasteiger charge is -2.24. The summed E-state index contributed by atoms with van der Waals surface area (Å²) in [7, 11) is 0. The van der Waals surface area contributed by atoms with Crippen molar-refractivity contribution in [2.75, 3.05) is 13.1 Å². The normalized spacial score (nSPS) is 24.1. The Balaban J connectivity index is 2.04. The van der Waals surface area contributed by atoms with Gasteiger partial charge in [0.25, 0.3) is 0 Å². The Morgan fingerprint density at radius 2 is 2.28 bits per heavy atom. The standard InChI is InChI=1S/C12H19N5S/c1-3-5-12(6-7-13-8-12)10-16-17-9(4-2)14-15-11(17)18-10/h13H,3-8H2,1-2H3. The van der Waals surface area contributed by atoms with Crippen molar-refractivity contribution in [3.05, 3.63) is 10.8 Å². The fraction of sp³-hybridized carbons (Fsp3) is 0.750. The summed E-state index contributed by atoms with van der Waals surface area (Å²) in [6.07, 6.45) is 4.46. The van der Waals surface area contributed by atoms with Crippen LogP contribution < -0.4 is 5.32 Å². The fourth-order valence-corrected chi connectivity index (χ4v) is 3.92. The van der Waals surface area contributed by atoms with E-state index in [1.165, 1.54) is 24.3 Å². The van der Waals surface area contributed by atoms with Gasteiger partial charge in [-0.1, -0.05) is 31.6 Å². The number of aromatic nitrogens is 4. The lowest BCUT2D eigenvalue weighted by atomic mass is 9.83. The number of hydrogen-bond acceptors (Lipinski definition) is 5. The molecule has 5 nitrogen and oxygen atoms in total. The average molecular weight is 265 g/mol. The lowest BCUT2D eigenvalue weighted by Crippen LogP contribution is -2.28. The van der Waals surface area contributed by atoms with Gasteiger partial charge >= 0.3 is 0 Å². The Morgan fingerprint density at radius 1 is 1.39 bits per heavy atom. The van der Waals surface area contributed by atoms with Gasteiger partial charge in [0.2, 0.25) is 4.96 Å². The molecule has 0 amide bonds. The number of rotatable bonds is 4. The van der Waals surface area contributed by atoms with Gasteiger partial charge in [0.05, 0.1) is 0 Å². The van der Waals surface area contributed by atoms with Gasteiger partial charge in [0, 0.05) is 18.4 Å². The molecule has 0 aromatic carbocycles. The van der Waals surface area contributed by atoms with Crippen molar-refractivity contribution in [2.24, 2.45) is 0 Å². The number of hydrogen-bond donors (Lipinski definition) is 1. The second kappa shape index (κ2) is 4.59. The maximum Gasteiger partial charge on any atom is 0.234 e. The van der Waals surface area contributed by atoms with Crippen LogP contribution in [0.25, 0.3) is 4.96 Å². The number of fused-ring (bicyclic) bond motifs is 1. The van der Waals surface area contributed by atoms with Crippen molar-refractivity contribution < 1.29 is 0 Å². The maximum absolute atomic E-state index is 4.79.